The number of para-hydroxylation sites is 2. The predicted octanol–water partition coefficient (Wildman–Crippen LogP) is 12.2. The SMILES string of the molecule is Clc1c(Br)cc(Br)cc1-n1c2ccccc2c2c3c4ccccc4n(-c4cc(Br)cc(Br)c4Cl)c3ccc21. The lowest BCUT2D eigenvalue weighted by Gasteiger charge is -2.13. The Hall–Kier alpha value is -1.80. The van der Waals surface area contributed by atoms with Crippen LogP contribution in [0.1, 0.15) is 0 Å². The van der Waals surface area contributed by atoms with Crippen LogP contribution in [0.3, 0.4) is 0 Å². The fraction of sp³-hybridized carbons (Fsp3) is 0. The summed E-state index contributed by atoms with van der Waals surface area (Å²) < 4.78 is 8.06. The van der Waals surface area contributed by atoms with E-state index in [4.69, 9.17) is 23.2 Å². The van der Waals surface area contributed by atoms with Crippen LogP contribution in [-0.4, -0.2) is 9.13 Å². The summed E-state index contributed by atoms with van der Waals surface area (Å²) in [6.45, 7) is 0. The summed E-state index contributed by atoms with van der Waals surface area (Å²) in [5, 5.41) is 5.97. The minimum atomic E-state index is 0.657. The van der Waals surface area contributed by atoms with Gasteiger partial charge in [0.1, 0.15) is 0 Å². The second-order valence-corrected chi connectivity index (χ2v) is 13.3. The zero-order valence-corrected chi connectivity index (χ0v) is 27.1. The molecule has 0 radical (unpaired) electrons. The Morgan fingerprint density at radius 2 is 0.868 bits per heavy atom. The van der Waals surface area contributed by atoms with Gasteiger partial charge in [-0.15, -0.1) is 0 Å². The highest BCUT2D eigenvalue weighted by Crippen LogP contribution is 2.45. The van der Waals surface area contributed by atoms with Gasteiger partial charge in [0.15, 0.2) is 0 Å². The van der Waals surface area contributed by atoms with Crippen molar-refractivity contribution in [3.05, 3.63) is 113 Å². The van der Waals surface area contributed by atoms with E-state index < -0.39 is 0 Å². The molecule has 0 saturated carbocycles. The largest absolute Gasteiger partial charge is 0.308 e. The van der Waals surface area contributed by atoms with Crippen LogP contribution in [-0.2, 0) is 0 Å². The number of hydrogen-bond acceptors (Lipinski definition) is 0. The third-order valence-electron chi connectivity index (χ3n) is 6.90. The second-order valence-electron chi connectivity index (χ2n) is 9.00. The summed E-state index contributed by atoms with van der Waals surface area (Å²) in [6, 6.07) is 29.4. The molecule has 0 aliphatic heterocycles. The van der Waals surface area contributed by atoms with Crippen molar-refractivity contribution in [3.8, 4) is 11.4 Å². The highest BCUT2D eigenvalue weighted by Gasteiger charge is 2.23. The van der Waals surface area contributed by atoms with Gasteiger partial charge in [-0.25, -0.2) is 0 Å². The highest BCUT2D eigenvalue weighted by atomic mass is 79.9. The van der Waals surface area contributed by atoms with Gasteiger partial charge in [-0.05, 0) is 80.4 Å². The molecule has 0 aliphatic carbocycles. The van der Waals surface area contributed by atoms with Crippen LogP contribution in [0, 0.1) is 0 Å². The summed E-state index contributed by atoms with van der Waals surface area (Å²) in [5.74, 6) is 0. The molecule has 38 heavy (non-hydrogen) atoms. The molecule has 7 aromatic rings. The van der Waals surface area contributed by atoms with Crippen LogP contribution in [0.15, 0.2) is 103 Å². The number of halogens is 6. The van der Waals surface area contributed by atoms with Crippen molar-refractivity contribution >= 4 is 131 Å². The van der Waals surface area contributed by atoms with Crippen molar-refractivity contribution in [2.45, 2.75) is 0 Å². The summed E-state index contributed by atoms with van der Waals surface area (Å²) in [4.78, 5) is 0. The number of aromatic nitrogens is 2. The van der Waals surface area contributed by atoms with Crippen molar-refractivity contribution in [2.75, 3.05) is 0 Å². The van der Waals surface area contributed by atoms with Gasteiger partial charge in [-0.2, -0.15) is 0 Å². The Kier molecular flexibility index (Phi) is 6.23. The maximum absolute atomic E-state index is 6.89. The molecular formula is C30H14Br4Cl2N2. The molecule has 186 valence electrons. The van der Waals surface area contributed by atoms with Crippen LogP contribution in [0.4, 0.5) is 0 Å². The van der Waals surface area contributed by atoms with E-state index in [-0.39, 0.29) is 0 Å². The molecule has 0 atom stereocenters. The van der Waals surface area contributed by atoms with Crippen molar-refractivity contribution < 1.29 is 0 Å². The average Bonchev–Trinajstić information content (AvgIpc) is 3.41. The molecule has 0 fully saturated rings. The molecule has 0 spiro atoms. The van der Waals surface area contributed by atoms with Crippen molar-refractivity contribution in [2.24, 2.45) is 0 Å². The minimum absolute atomic E-state index is 0.657. The van der Waals surface area contributed by atoms with Crippen LogP contribution in [0.5, 0.6) is 0 Å². The summed E-state index contributed by atoms with van der Waals surface area (Å²) >= 11 is 28.3. The Balaban J connectivity index is 1.72. The Morgan fingerprint density at radius 1 is 0.474 bits per heavy atom. The summed E-state index contributed by atoms with van der Waals surface area (Å²) in [6.07, 6.45) is 0. The van der Waals surface area contributed by atoms with Gasteiger partial charge in [0.25, 0.3) is 0 Å². The smallest absolute Gasteiger partial charge is 0.0789 e. The maximum Gasteiger partial charge on any atom is 0.0789 e. The molecule has 0 amide bonds. The van der Waals surface area contributed by atoms with Gasteiger partial charge in [0, 0.05) is 39.4 Å². The molecule has 0 saturated heterocycles. The quantitative estimate of drug-likeness (QED) is 0.154. The molecule has 8 heteroatoms. The van der Waals surface area contributed by atoms with E-state index in [1.807, 2.05) is 12.1 Å². The molecule has 0 N–H and O–H groups in total. The van der Waals surface area contributed by atoms with Gasteiger partial charge in [0.05, 0.1) is 43.5 Å². The third kappa shape index (κ3) is 3.68. The Morgan fingerprint density at radius 3 is 1.29 bits per heavy atom. The van der Waals surface area contributed by atoms with Gasteiger partial charge in [-0.1, -0.05) is 91.5 Å². The number of benzene rings is 5. The zero-order valence-electron chi connectivity index (χ0n) is 19.2. The Bertz CT molecular complexity index is 1960. The first kappa shape index (κ1) is 25.2. The number of rotatable bonds is 2. The van der Waals surface area contributed by atoms with E-state index >= 15 is 0 Å². The van der Waals surface area contributed by atoms with Crippen molar-refractivity contribution in [1.29, 1.82) is 0 Å². The highest BCUT2D eigenvalue weighted by molar-refractivity contribution is 9.11. The lowest BCUT2D eigenvalue weighted by molar-refractivity contribution is 1.16. The number of fused-ring (bicyclic) bond motifs is 7. The first-order chi connectivity index (χ1) is 18.3. The molecule has 2 heterocycles. The summed E-state index contributed by atoms with van der Waals surface area (Å²) in [5.41, 5.74) is 6.14. The molecular weight excluding hydrogens is 779 g/mol. The zero-order chi connectivity index (χ0) is 26.3. The van der Waals surface area contributed by atoms with E-state index in [1.54, 1.807) is 0 Å². The monoisotopic (exact) mass is 788 g/mol. The fourth-order valence-electron chi connectivity index (χ4n) is 5.45. The molecule has 7 rings (SSSR count). The van der Waals surface area contributed by atoms with Crippen molar-refractivity contribution in [3.63, 3.8) is 0 Å². The lowest BCUT2D eigenvalue weighted by Crippen LogP contribution is -1.97. The van der Waals surface area contributed by atoms with Crippen LogP contribution < -0.4 is 0 Å². The Labute approximate surface area is 261 Å². The molecule has 0 unspecified atom stereocenters. The van der Waals surface area contributed by atoms with E-state index in [2.05, 4.69) is 146 Å². The number of hydrogen-bond donors (Lipinski definition) is 0. The molecule has 2 aromatic heterocycles. The minimum Gasteiger partial charge on any atom is -0.308 e. The van der Waals surface area contributed by atoms with Gasteiger partial charge in [-0.3, -0.25) is 0 Å². The first-order valence-electron chi connectivity index (χ1n) is 11.6. The van der Waals surface area contributed by atoms with Gasteiger partial charge < -0.3 is 9.13 Å². The molecule has 0 bridgehead atoms. The van der Waals surface area contributed by atoms with Crippen molar-refractivity contribution in [1.82, 2.24) is 9.13 Å². The van der Waals surface area contributed by atoms with Gasteiger partial charge >= 0.3 is 0 Å². The topological polar surface area (TPSA) is 9.86 Å². The molecule has 5 aromatic carbocycles. The van der Waals surface area contributed by atoms with E-state index in [1.165, 1.54) is 10.8 Å². The fourth-order valence-corrected chi connectivity index (χ4v) is 8.24. The van der Waals surface area contributed by atoms with Crippen LogP contribution in [0.25, 0.3) is 55.0 Å². The normalized spacial score (nSPS) is 11.9. The second kappa shape index (κ2) is 9.39. The van der Waals surface area contributed by atoms with E-state index in [0.717, 1.165) is 62.1 Å². The van der Waals surface area contributed by atoms with Crippen LogP contribution >= 0.6 is 86.9 Å². The molecule has 0 aliphatic rings. The summed E-state index contributed by atoms with van der Waals surface area (Å²) in [7, 11) is 0. The standard InChI is InChI=1S/C30H14Br4Cl2N2/c31-15-11-19(33)29(35)25(13-15)37-21-7-3-1-5-17(21)27-23(37)9-10-24-28(27)18-6-2-4-8-22(18)38(24)26-14-16(32)12-20(34)30(26)36/h1-14H. The third-order valence-corrected chi connectivity index (χ3v) is 10.3. The average molecular weight is 793 g/mol. The molecule has 2 nitrogen and oxygen atoms in total. The number of nitrogens with zero attached hydrogens (tertiary/aromatic N) is 2. The lowest BCUT2D eigenvalue weighted by atomic mass is 10.1. The predicted molar refractivity (Wildman–Crippen MR) is 176 cm³/mol. The van der Waals surface area contributed by atoms with E-state index in [9.17, 15) is 0 Å². The maximum atomic E-state index is 6.89. The van der Waals surface area contributed by atoms with E-state index in [0.29, 0.717) is 10.0 Å². The first-order valence-corrected chi connectivity index (χ1v) is 15.5. The van der Waals surface area contributed by atoms with Gasteiger partial charge in [0.2, 0.25) is 0 Å². The van der Waals surface area contributed by atoms with Crippen LogP contribution in [0.2, 0.25) is 10.0 Å².